The summed E-state index contributed by atoms with van der Waals surface area (Å²) < 4.78 is 11.2. The summed E-state index contributed by atoms with van der Waals surface area (Å²) in [7, 11) is 0. The first kappa shape index (κ1) is 13.5. The highest BCUT2D eigenvalue weighted by Crippen LogP contribution is 2.35. The van der Waals surface area contributed by atoms with Gasteiger partial charge in [0.1, 0.15) is 11.5 Å². The molecule has 0 aromatic heterocycles. The number of carboxylic acids is 1. The zero-order valence-corrected chi connectivity index (χ0v) is 11.0. The van der Waals surface area contributed by atoms with Crippen molar-refractivity contribution in [2.75, 3.05) is 13.2 Å². The molecule has 4 heteroatoms. The molecular weight excluding hydrogens is 244 g/mol. The van der Waals surface area contributed by atoms with Gasteiger partial charge in [-0.1, -0.05) is 13.3 Å². The van der Waals surface area contributed by atoms with E-state index in [9.17, 15) is 4.79 Å². The Bertz CT molecular complexity index is 491. The van der Waals surface area contributed by atoms with Crippen molar-refractivity contribution >= 4 is 11.5 Å². The first-order valence-electron chi connectivity index (χ1n) is 6.54. The molecular formula is C15H18O4. The van der Waals surface area contributed by atoms with Crippen LogP contribution in [0, 0.1) is 0 Å². The van der Waals surface area contributed by atoms with Crippen LogP contribution in [0.15, 0.2) is 24.3 Å². The number of carbonyl (C=O) groups is 1. The molecule has 0 aliphatic carbocycles. The van der Waals surface area contributed by atoms with Gasteiger partial charge in [0.15, 0.2) is 0 Å². The molecule has 0 atom stereocenters. The summed E-state index contributed by atoms with van der Waals surface area (Å²) in [6.45, 7) is 3.31. The average molecular weight is 262 g/mol. The molecule has 1 aromatic rings. The minimum atomic E-state index is -0.925. The molecule has 0 bridgehead atoms. The van der Waals surface area contributed by atoms with Gasteiger partial charge in [-0.3, -0.25) is 0 Å². The molecule has 2 rings (SSSR count). The van der Waals surface area contributed by atoms with E-state index in [1.54, 1.807) is 0 Å². The summed E-state index contributed by atoms with van der Waals surface area (Å²) in [5.41, 5.74) is 1.64. The summed E-state index contributed by atoms with van der Waals surface area (Å²) in [6.07, 6.45) is 3.98. The van der Waals surface area contributed by atoms with Crippen molar-refractivity contribution in [3.8, 4) is 11.5 Å². The third kappa shape index (κ3) is 3.50. The van der Waals surface area contributed by atoms with E-state index in [1.807, 2.05) is 18.2 Å². The van der Waals surface area contributed by atoms with Crippen LogP contribution in [-0.2, 0) is 4.79 Å². The summed E-state index contributed by atoms with van der Waals surface area (Å²) in [5.74, 6) is 0.544. The predicted molar refractivity (Wildman–Crippen MR) is 72.6 cm³/mol. The largest absolute Gasteiger partial charge is 0.493 e. The second kappa shape index (κ2) is 6.27. The van der Waals surface area contributed by atoms with Crippen molar-refractivity contribution in [2.45, 2.75) is 26.2 Å². The minimum Gasteiger partial charge on any atom is -0.493 e. The Balaban J connectivity index is 2.18. The van der Waals surface area contributed by atoms with Gasteiger partial charge in [0.05, 0.1) is 13.2 Å². The molecule has 1 aliphatic heterocycles. The fourth-order valence-electron chi connectivity index (χ4n) is 2.02. The predicted octanol–water partition coefficient (Wildman–Crippen LogP) is 3.12. The minimum absolute atomic E-state index is 0.504. The number of unbranched alkanes of at least 4 members (excludes halogenated alkanes) is 1. The summed E-state index contributed by atoms with van der Waals surface area (Å²) in [5, 5.41) is 8.85. The quantitative estimate of drug-likeness (QED) is 0.654. The topological polar surface area (TPSA) is 55.8 Å². The van der Waals surface area contributed by atoms with E-state index < -0.39 is 5.97 Å². The van der Waals surface area contributed by atoms with Crippen molar-refractivity contribution in [1.29, 1.82) is 0 Å². The number of fused-ring (bicyclic) bond motifs is 1. The number of hydrogen-bond donors (Lipinski definition) is 1. The molecule has 4 nitrogen and oxygen atoms in total. The second-order valence-corrected chi connectivity index (χ2v) is 4.47. The number of aliphatic carboxylic acids is 1. The van der Waals surface area contributed by atoms with Crippen LogP contribution in [0.25, 0.3) is 5.57 Å². The van der Waals surface area contributed by atoms with Crippen molar-refractivity contribution in [3.05, 3.63) is 29.8 Å². The van der Waals surface area contributed by atoms with Gasteiger partial charge >= 0.3 is 5.97 Å². The van der Waals surface area contributed by atoms with E-state index >= 15 is 0 Å². The van der Waals surface area contributed by atoms with Gasteiger partial charge in [-0.15, -0.1) is 0 Å². The van der Waals surface area contributed by atoms with Crippen LogP contribution in [0.1, 0.15) is 31.7 Å². The first-order valence-corrected chi connectivity index (χ1v) is 6.54. The molecule has 0 radical (unpaired) electrons. The summed E-state index contributed by atoms with van der Waals surface area (Å²) >= 11 is 0. The average Bonchev–Trinajstić information content (AvgIpc) is 2.38. The zero-order valence-electron chi connectivity index (χ0n) is 11.0. The maximum atomic E-state index is 10.8. The van der Waals surface area contributed by atoms with Crippen molar-refractivity contribution in [2.24, 2.45) is 0 Å². The Morgan fingerprint density at radius 3 is 3.11 bits per heavy atom. The van der Waals surface area contributed by atoms with Gasteiger partial charge in [0, 0.05) is 24.1 Å². The summed E-state index contributed by atoms with van der Waals surface area (Å²) in [4.78, 5) is 10.8. The van der Waals surface area contributed by atoms with Crippen LogP contribution < -0.4 is 9.47 Å². The standard InChI is InChI=1S/C15H18O4/c1-2-3-7-18-12-4-5-13-11(9-15(16)17)6-8-19-14(13)10-12/h4-5,9-10H,2-3,6-8H2,1H3,(H,16,17)/b11-9+. The van der Waals surface area contributed by atoms with Gasteiger partial charge in [-0.25, -0.2) is 4.79 Å². The smallest absolute Gasteiger partial charge is 0.328 e. The van der Waals surface area contributed by atoms with Crippen LogP contribution in [0.2, 0.25) is 0 Å². The molecule has 1 aromatic carbocycles. The van der Waals surface area contributed by atoms with Gasteiger partial charge in [0.25, 0.3) is 0 Å². The molecule has 0 amide bonds. The fraction of sp³-hybridized carbons (Fsp3) is 0.400. The van der Waals surface area contributed by atoms with E-state index in [1.165, 1.54) is 6.08 Å². The molecule has 1 aliphatic rings. The molecule has 1 heterocycles. The molecule has 0 fully saturated rings. The van der Waals surface area contributed by atoms with Crippen molar-refractivity contribution in [1.82, 2.24) is 0 Å². The number of benzene rings is 1. The van der Waals surface area contributed by atoms with E-state index in [0.717, 1.165) is 29.7 Å². The normalized spacial score (nSPS) is 15.7. The van der Waals surface area contributed by atoms with Gasteiger partial charge < -0.3 is 14.6 Å². The Morgan fingerprint density at radius 1 is 1.53 bits per heavy atom. The van der Waals surface area contributed by atoms with Crippen molar-refractivity contribution < 1.29 is 19.4 Å². The lowest BCUT2D eigenvalue weighted by molar-refractivity contribution is -0.131. The third-order valence-corrected chi connectivity index (χ3v) is 2.99. The van der Waals surface area contributed by atoms with Gasteiger partial charge in [-0.2, -0.15) is 0 Å². The Morgan fingerprint density at radius 2 is 2.37 bits per heavy atom. The van der Waals surface area contributed by atoms with Gasteiger partial charge in [0.2, 0.25) is 0 Å². The van der Waals surface area contributed by atoms with Crippen LogP contribution >= 0.6 is 0 Å². The number of ether oxygens (including phenoxy) is 2. The maximum Gasteiger partial charge on any atom is 0.328 e. The molecule has 19 heavy (non-hydrogen) atoms. The zero-order chi connectivity index (χ0) is 13.7. The fourth-order valence-corrected chi connectivity index (χ4v) is 2.02. The highest BCUT2D eigenvalue weighted by Gasteiger charge is 2.17. The van der Waals surface area contributed by atoms with Crippen LogP contribution in [0.5, 0.6) is 11.5 Å². The van der Waals surface area contributed by atoms with E-state index in [2.05, 4.69) is 6.92 Å². The van der Waals surface area contributed by atoms with E-state index in [-0.39, 0.29) is 0 Å². The third-order valence-electron chi connectivity index (χ3n) is 2.99. The monoisotopic (exact) mass is 262 g/mol. The lowest BCUT2D eigenvalue weighted by Gasteiger charge is -2.20. The van der Waals surface area contributed by atoms with Crippen LogP contribution in [-0.4, -0.2) is 24.3 Å². The number of rotatable bonds is 5. The molecule has 0 saturated heterocycles. The van der Waals surface area contributed by atoms with Gasteiger partial charge in [-0.05, 0) is 24.1 Å². The first-order chi connectivity index (χ1) is 9.20. The molecule has 0 unspecified atom stereocenters. The molecule has 0 spiro atoms. The number of carboxylic acid groups (broad SMARTS) is 1. The summed E-state index contributed by atoms with van der Waals surface area (Å²) in [6, 6.07) is 5.56. The molecule has 0 saturated carbocycles. The highest BCUT2D eigenvalue weighted by molar-refractivity contribution is 5.91. The van der Waals surface area contributed by atoms with Crippen molar-refractivity contribution in [3.63, 3.8) is 0 Å². The van der Waals surface area contributed by atoms with Crippen LogP contribution in [0.4, 0.5) is 0 Å². The Hall–Kier alpha value is -1.97. The maximum absolute atomic E-state index is 10.8. The Kier molecular flexibility index (Phi) is 4.44. The number of hydrogen-bond acceptors (Lipinski definition) is 3. The van der Waals surface area contributed by atoms with E-state index in [0.29, 0.717) is 25.4 Å². The van der Waals surface area contributed by atoms with Crippen LogP contribution in [0.3, 0.4) is 0 Å². The lowest BCUT2D eigenvalue weighted by Crippen LogP contribution is -2.09. The van der Waals surface area contributed by atoms with E-state index in [4.69, 9.17) is 14.6 Å². The lowest BCUT2D eigenvalue weighted by atomic mass is 9.99. The SMILES string of the molecule is CCCCOc1ccc2c(c1)OCC/C2=C\C(=O)O. The molecule has 102 valence electrons. The second-order valence-electron chi connectivity index (χ2n) is 4.47. The Labute approximate surface area is 112 Å². The molecule has 1 N–H and O–H groups in total. The highest BCUT2D eigenvalue weighted by atomic mass is 16.5.